The third kappa shape index (κ3) is 5.28. The van der Waals surface area contributed by atoms with Gasteiger partial charge in [-0.2, -0.15) is 0 Å². The number of hydrogen-bond donors (Lipinski definition) is 2. The van der Waals surface area contributed by atoms with Crippen molar-refractivity contribution in [3.05, 3.63) is 84.1 Å². The zero-order valence-electron chi connectivity index (χ0n) is 14.6. The maximum Gasteiger partial charge on any atom is 0.209 e. The van der Waals surface area contributed by atoms with E-state index in [1.807, 2.05) is 55.5 Å². The van der Waals surface area contributed by atoms with Crippen LogP contribution in [0.2, 0.25) is 0 Å². The maximum absolute atomic E-state index is 13.3. The van der Waals surface area contributed by atoms with E-state index in [0.717, 1.165) is 12.0 Å². The summed E-state index contributed by atoms with van der Waals surface area (Å²) in [5.41, 5.74) is 0.272. The Morgan fingerprint density at radius 2 is 1.72 bits per heavy atom. The number of carbonyl (C=O) groups excluding carboxylic acids is 1. The Balaban J connectivity index is 2.40. The Morgan fingerprint density at radius 1 is 1.12 bits per heavy atom. The number of hydrogen-bond acceptors (Lipinski definition) is 4. The number of aliphatic hydroxyl groups is 1. The molecule has 132 valence electrons. The highest BCUT2D eigenvalue weighted by Crippen LogP contribution is 2.22. The fourth-order valence-electron chi connectivity index (χ4n) is 2.62. The zero-order chi connectivity index (χ0) is 18.1. The van der Waals surface area contributed by atoms with Gasteiger partial charge >= 0.3 is 0 Å². The van der Waals surface area contributed by atoms with Crippen LogP contribution in [0, 0.1) is 0 Å². The Morgan fingerprint density at radius 3 is 2.28 bits per heavy atom. The van der Waals surface area contributed by atoms with Crippen molar-refractivity contribution in [2.24, 2.45) is 0 Å². The van der Waals surface area contributed by atoms with Gasteiger partial charge in [-0.05, 0) is 12.0 Å². The van der Waals surface area contributed by atoms with Gasteiger partial charge in [-0.15, -0.1) is 0 Å². The summed E-state index contributed by atoms with van der Waals surface area (Å²) in [6, 6.07) is 18.8. The van der Waals surface area contributed by atoms with Crippen molar-refractivity contribution in [1.29, 1.82) is 0 Å². The second-order valence-electron chi connectivity index (χ2n) is 5.95. The van der Waals surface area contributed by atoms with E-state index in [-0.39, 0.29) is 18.1 Å². The Hall–Kier alpha value is -2.43. The van der Waals surface area contributed by atoms with Gasteiger partial charge in [0.1, 0.15) is 0 Å². The lowest BCUT2D eigenvalue weighted by Crippen LogP contribution is -2.56. The van der Waals surface area contributed by atoms with Crippen LogP contribution < -0.4 is 5.32 Å². The molecule has 0 fully saturated rings. The topological polar surface area (TPSA) is 58.6 Å². The van der Waals surface area contributed by atoms with Crippen LogP contribution in [-0.4, -0.2) is 29.8 Å². The molecule has 25 heavy (non-hydrogen) atoms. The molecule has 1 unspecified atom stereocenters. The monoisotopic (exact) mass is 339 g/mol. The summed E-state index contributed by atoms with van der Waals surface area (Å²) < 4.78 is 6.04. The number of ketones is 1. The summed E-state index contributed by atoms with van der Waals surface area (Å²) in [5, 5.41) is 12.6. The average molecular weight is 339 g/mol. The van der Waals surface area contributed by atoms with Gasteiger partial charge in [-0.3, -0.25) is 10.1 Å². The van der Waals surface area contributed by atoms with Crippen molar-refractivity contribution in [2.45, 2.75) is 25.5 Å². The molecule has 0 amide bonds. The molecule has 0 aliphatic carbocycles. The molecule has 2 N–H and O–H groups in total. The number of Topliss-reactive ketones (excluding diaryl/α,β-unsaturated/α-hetero) is 1. The van der Waals surface area contributed by atoms with Gasteiger partial charge < -0.3 is 9.84 Å². The molecule has 0 aliphatic heterocycles. The number of rotatable bonds is 10. The molecule has 4 heteroatoms. The fourth-order valence-corrected chi connectivity index (χ4v) is 2.62. The first-order valence-corrected chi connectivity index (χ1v) is 8.47. The predicted molar refractivity (Wildman–Crippen MR) is 99.7 cm³/mol. The lowest BCUT2D eigenvalue weighted by molar-refractivity contribution is -0.0459. The van der Waals surface area contributed by atoms with Crippen molar-refractivity contribution in [3.8, 4) is 0 Å². The number of benzene rings is 2. The van der Waals surface area contributed by atoms with E-state index in [2.05, 4.69) is 11.9 Å². The zero-order valence-corrected chi connectivity index (χ0v) is 14.6. The number of ether oxygens (including phenoxy) is 1. The Labute approximate surface area is 149 Å². The summed E-state index contributed by atoms with van der Waals surface area (Å²) in [5.74, 6) is -0.204. The largest absolute Gasteiger partial charge is 0.512 e. The molecule has 0 bridgehead atoms. The van der Waals surface area contributed by atoms with Crippen molar-refractivity contribution in [2.75, 3.05) is 13.2 Å². The van der Waals surface area contributed by atoms with E-state index in [9.17, 15) is 9.90 Å². The van der Waals surface area contributed by atoms with Gasteiger partial charge in [-0.1, -0.05) is 74.2 Å². The van der Waals surface area contributed by atoms with E-state index in [4.69, 9.17) is 4.74 Å². The molecule has 2 rings (SSSR count). The van der Waals surface area contributed by atoms with E-state index in [1.54, 1.807) is 12.1 Å². The van der Waals surface area contributed by atoms with Crippen LogP contribution >= 0.6 is 0 Å². The number of aliphatic hydroxyl groups excluding tert-OH is 1. The van der Waals surface area contributed by atoms with Gasteiger partial charge in [0.2, 0.25) is 5.78 Å². The molecule has 0 aromatic heterocycles. The summed E-state index contributed by atoms with van der Waals surface area (Å²) >= 11 is 0. The molecule has 1 atom stereocenters. The van der Waals surface area contributed by atoms with Crippen molar-refractivity contribution in [1.82, 2.24) is 5.32 Å². The van der Waals surface area contributed by atoms with Crippen LogP contribution in [0.4, 0.5) is 0 Å². The normalized spacial score (nSPS) is 13.2. The molecule has 2 aromatic rings. The second-order valence-corrected chi connectivity index (χ2v) is 5.95. The summed E-state index contributed by atoms with van der Waals surface area (Å²) in [4.78, 5) is 13.3. The molecule has 4 nitrogen and oxygen atoms in total. The Bertz CT molecular complexity index is 685. The van der Waals surface area contributed by atoms with Gasteiger partial charge in [0.25, 0.3) is 0 Å². The van der Waals surface area contributed by atoms with Gasteiger partial charge in [0.05, 0.1) is 12.3 Å². The minimum absolute atomic E-state index is 0.0432. The Kier molecular flexibility index (Phi) is 6.92. The molecular weight excluding hydrogens is 314 g/mol. The first kappa shape index (κ1) is 18.9. The van der Waals surface area contributed by atoms with Crippen molar-refractivity contribution < 1.29 is 14.6 Å². The molecule has 0 heterocycles. The minimum atomic E-state index is -1.26. The van der Waals surface area contributed by atoms with Crippen molar-refractivity contribution in [3.63, 3.8) is 0 Å². The number of carbonyl (C=O) groups is 1. The predicted octanol–water partition coefficient (Wildman–Crippen LogP) is 3.90. The average Bonchev–Trinajstić information content (AvgIpc) is 2.65. The van der Waals surface area contributed by atoms with Crippen LogP contribution in [0.15, 0.2) is 73.0 Å². The van der Waals surface area contributed by atoms with Gasteiger partial charge in [0, 0.05) is 18.6 Å². The van der Waals surface area contributed by atoms with Crippen molar-refractivity contribution >= 4 is 5.78 Å². The van der Waals surface area contributed by atoms with E-state index < -0.39 is 5.72 Å². The maximum atomic E-state index is 13.3. The molecule has 0 saturated heterocycles. The molecule has 0 saturated carbocycles. The quantitative estimate of drug-likeness (QED) is 0.392. The summed E-state index contributed by atoms with van der Waals surface area (Å²) in [6.45, 7) is 6.00. The van der Waals surface area contributed by atoms with Crippen LogP contribution in [-0.2, 0) is 11.2 Å². The smallest absolute Gasteiger partial charge is 0.209 e. The third-order valence-corrected chi connectivity index (χ3v) is 3.83. The van der Waals surface area contributed by atoms with Gasteiger partial charge in [0.15, 0.2) is 5.72 Å². The van der Waals surface area contributed by atoms with E-state index in [0.29, 0.717) is 18.6 Å². The minimum Gasteiger partial charge on any atom is -0.512 e. The van der Waals surface area contributed by atoms with Gasteiger partial charge in [-0.25, -0.2) is 0 Å². The van der Waals surface area contributed by atoms with Crippen LogP contribution in [0.1, 0.15) is 29.3 Å². The summed E-state index contributed by atoms with van der Waals surface area (Å²) in [6.07, 6.45) is 1.13. The standard InChI is InChI=1S/C21H25NO3/c1-3-14-25-21(22-16-17(2)23,15-18-10-6-4-7-11-18)20(24)19-12-8-5-9-13-19/h4-13,22-23H,2-3,14-16H2,1H3. The van der Waals surface area contributed by atoms with Crippen LogP contribution in [0.25, 0.3) is 0 Å². The first-order chi connectivity index (χ1) is 12.1. The second kappa shape index (κ2) is 9.16. The fraction of sp³-hybridized carbons (Fsp3) is 0.286. The molecule has 0 radical (unpaired) electrons. The molecule has 2 aromatic carbocycles. The summed E-state index contributed by atoms with van der Waals surface area (Å²) in [7, 11) is 0. The molecular formula is C21H25NO3. The lowest BCUT2D eigenvalue weighted by atomic mass is 9.93. The van der Waals surface area contributed by atoms with E-state index >= 15 is 0 Å². The molecule has 0 aliphatic rings. The van der Waals surface area contributed by atoms with Crippen LogP contribution in [0.3, 0.4) is 0 Å². The first-order valence-electron chi connectivity index (χ1n) is 8.47. The SMILES string of the molecule is C=C(O)CNC(Cc1ccccc1)(OCCC)C(=O)c1ccccc1. The number of nitrogens with one attached hydrogen (secondary N) is 1. The lowest BCUT2D eigenvalue weighted by Gasteiger charge is -2.34. The third-order valence-electron chi connectivity index (χ3n) is 3.83. The molecule has 0 spiro atoms. The highest BCUT2D eigenvalue weighted by molar-refractivity contribution is 6.02. The highest BCUT2D eigenvalue weighted by atomic mass is 16.5. The van der Waals surface area contributed by atoms with Crippen LogP contribution in [0.5, 0.6) is 0 Å². The highest BCUT2D eigenvalue weighted by Gasteiger charge is 2.39. The van der Waals surface area contributed by atoms with E-state index in [1.165, 1.54) is 0 Å².